The van der Waals surface area contributed by atoms with E-state index in [0.717, 1.165) is 22.6 Å². The normalized spacial score (nSPS) is 10.1. The zero-order valence-electron chi connectivity index (χ0n) is 10.6. The van der Waals surface area contributed by atoms with Gasteiger partial charge in [-0.05, 0) is 36.8 Å². The van der Waals surface area contributed by atoms with Crippen molar-refractivity contribution in [3.63, 3.8) is 0 Å². The fraction of sp³-hybridized carbons (Fsp3) is 0.200. The van der Waals surface area contributed by atoms with Crippen molar-refractivity contribution < 1.29 is 9.84 Å². The van der Waals surface area contributed by atoms with E-state index < -0.39 is 0 Å². The van der Waals surface area contributed by atoms with Gasteiger partial charge in [-0.3, -0.25) is 0 Å². The number of hydrogen-bond donors (Lipinski definition) is 2. The zero-order valence-corrected chi connectivity index (χ0v) is 10.6. The highest BCUT2D eigenvalue weighted by molar-refractivity contribution is 5.54. The molecule has 0 radical (unpaired) electrons. The van der Waals surface area contributed by atoms with E-state index in [1.807, 2.05) is 43.3 Å². The van der Waals surface area contributed by atoms with Crippen molar-refractivity contribution in [1.29, 1.82) is 0 Å². The molecule has 0 fully saturated rings. The summed E-state index contributed by atoms with van der Waals surface area (Å²) in [6, 6.07) is 13.2. The van der Waals surface area contributed by atoms with Gasteiger partial charge in [0.25, 0.3) is 0 Å². The fourth-order valence-corrected chi connectivity index (χ4v) is 1.81. The lowest BCUT2D eigenvalue weighted by Gasteiger charge is -2.11. The highest BCUT2D eigenvalue weighted by atomic mass is 16.5. The molecule has 2 aromatic carbocycles. The summed E-state index contributed by atoms with van der Waals surface area (Å²) in [6.45, 7) is 2.62. The molecular weight excluding hydrogens is 226 g/mol. The maximum Gasteiger partial charge on any atom is 0.120 e. The monoisotopic (exact) mass is 243 g/mol. The number of ether oxygens (including phenoxy) is 1. The molecule has 2 aromatic rings. The van der Waals surface area contributed by atoms with Gasteiger partial charge in [0.2, 0.25) is 0 Å². The van der Waals surface area contributed by atoms with Crippen LogP contribution in [-0.2, 0) is 6.54 Å². The van der Waals surface area contributed by atoms with E-state index in [0.29, 0.717) is 12.3 Å². The van der Waals surface area contributed by atoms with Crippen LogP contribution in [-0.4, -0.2) is 12.2 Å². The van der Waals surface area contributed by atoms with Gasteiger partial charge in [0.15, 0.2) is 0 Å². The Labute approximate surface area is 107 Å². The topological polar surface area (TPSA) is 41.5 Å². The number of hydrogen-bond acceptors (Lipinski definition) is 3. The second-order valence-electron chi connectivity index (χ2n) is 4.16. The fourth-order valence-electron chi connectivity index (χ4n) is 1.81. The van der Waals surface area contributed by atoms with Gasteiger partial charge in [-0.15, -0.1) is 0 Å². The van der Waals surface area contributed by atoms with Crippen LogP contribution in [0.2, 0.25) is 0 Å². The van der Waals surface area contributed by atoms with Gasteiger partial charge in [-0.2, -0.15) is 0 Å². The molecule has 0 saturated heterocycles. The lowest BCUT2D eigenvalue weighted by molar-refractivity contribution is 0.414. The number of methoxy groups -OCH3 is 1. The molecule has 0 aliphatic carbocycles. The number of nitrogens with one attached hydrogen (secondary N) is 1. The van der Waals surface area contributed by atoms with Crippen LogP contribution in [0.1, 0.15) is 11.1 Å². The molecule has 0 atom stereocenters. The van der Waals surface area contributed by atoms with Crippen LogP contribution in [0, 0.1) is 6.92 Å². The van der Waals surface area contributed by atoms with Gasteiger partial charge in [0.05, 0.1) is 7.11 Å². The minimum absolute atomic E-state index is 0.316. The van der Waals surface area contributed by atoms with E-state index in [-0.39, 0.29) is 0 Å². The first-order valence-corrected chi connectivity index (χ1v) is 5.86. The first-order chi connectivity index (χ1) is 8.70. The molecule has 0 aliphatic rings. The number of phenolic OH excluding ortho intramolecular Hbond substituents is 1. The van der Waals surface area contributed by atoms with Gasteiger partial charge in [-0.25, -0.2) is 0 Å². The molecule has 3 nitrogen and oxygen atoms in total. The summed E-state index contributed by atoms with van der Waals surface area (Å²) in [4.78, 5) is 0. The standard InChI is InChI=1S/C15H17NO2/c1-11-9-13(18-2)7-8-14(11)16-10-12-5-3-4-6-15(12)17/h3-9,16-17H,10H2,1-2H3. The van der Waals surface area contributed by atoms with Gasteiger partial charge < -0.3 is 15.2 Å². The number of para-hydroxylation sites is 1. The molecule has 0 amide bonds. The molecule has 0 bridgehead atoms. The summed E-state index contributed by atoms with van der Waals surface area (Å²) in [5, 5.41) is 13.0. The molecule has 0 unspecified atom stereocenters. The van der Waals surface area contributed by atoms with Crippen molar-refractivity contribution >= 4 is 5.69 Å². The van der Waals surface area contributed by atoms with E-state index in [2.05, 4.69) is 5.32 Å². The molecule has 0 spiro atoms. The average Bonchev–Trinajstić information content (AvgIpc) is 2.39. The Morgan fingerprint density at radius 3 is 2.61 bits per heavy atom. The van der Waals surface area contributed by atoms with Crippen LogP contribution in [0.4, 0.5) is 5.69 Å². The number of aryl methyl sites for hydroxylation is 1. The number of anilines is 1. The Bertz CT molecular complexity index is 538. The van der Waals surface area contributed by atoms with Crippen molar-refractivity contribution in [3.8, 4) is 11.5 Å². The van der Waals surface area contributed by atoms with Crippen molar-refractivity contribution in [2.75, 3.05) is 12.4 Å². The third-order valence-corrected chi connectivity index (χ3v) is 2.89. The van der Waals surface area contributed by atoms with E-state index in [4.69, 9.17) is 4.74 Å². The third kappa shape index (κ3) is 2.74. The van der Waals surface area contributed by atoms with E-state index in [1.54, 1.807) is 13.2 Å². The average molecular weight is 243 g/mol. The lowest BCUT2D eigenvalue weighted by atomic mass is 10.1. The van der Waals surface area contributed by atoms with Gasteiger partial charge >= 0.3 is 0 Å². The first-order valence-electron chi connectivity index (χ1n) is 5.86. The molecule has 0 saturated carbocycles. The maximum absolute atomic E-state index is 9.68. The lowest BCUT2D eigenvalue weighted by Crippen LogP contribution is -2.01. The minimum Gasteiger partial charge on any atom is -0.508 e. The molecule has 3 heteroatoms. The largest absolute Gasteiger partial charge is 0.508 e. The van der Waals surface area contributed by atoms with E-state index in [1.165, 1.54) is 0 Å². The molecule has 18 heavy (non-hydrogen) atoms. The Balaban J connectivity index is 2.09. The Morgan fingerprint density at radius 1 is 1.17 bits per heavy atom. The SMILES string of the molecule is COc1ccc(NCc2ccccc2O)c(C)c1. The minimum atomic E-state index is 0.316. The molecule has 94 valence electrons. The smallest absolute Gasteiger partial charge is 0.120 e. The van der Waals surface area contributed by atoms with Crippen LogP contribution >= 0.6 is 0 Å². The van der Waals surface area contributed by atoms with Gasteiger partial charge in [0, 0.05) is 17.8 Å². The highest BCUT2D eigenvalue weighted by Gasteiger charge is 2.02. The predicted molar refractivity (Wildman–Crippen MR) is 73.2 cm³/mol. The summed E-state index contributed by atoms with van der Waals surface area (Å²) in [7, 11) is 1.66. The van der Waals surface area contributed by atoms with Crippen LogP contribution < -0.4 is 10.1 Å². The number of benzene rings is 2. The number of phenols is 1. The third-order valence-electron chi connectivity index (χ3n) is 2.89. The molecular formula is C15H17NO2. The van der Waals surface area contributed by atoms with Crippen molar-refractivity contribution in [2.45, 2.75) is 13.5 Å². The second-order valence-corrected chi connectivity index (χ2v) is 4.16. The van der Waals surface area contributed by atoms with Crippen LogP contribution in [0.3, 0.4) is 0 Å². The predicted octanol–water partition coefficient (Wildman–Crippen LogP) is 3.32. The highest BCUT2D eigenvalue weighted by Crippen LogP contribution is 2.23. The van der Waals surface area contributed by atoms with E-state index >= 15 is 0 Å². The Kier molecular flexibility index (Phi) is 3.72. The summed E-state index contributed by atoms with van der Waals surface area (Å²) in [5.74, 6) is 1.16. The van der Waals surface area contributed by atoms with Crippen molar-refractivity contribution in [1.82, 2.24) is 0 Å². The molecule has 0 aliphatic heterocycles. The molecule has 0 aromatic heterocycles. The first kappa shape index (κ1) is 12.3. The Morgan fingerprint density at radius 2 is 1.94 bits per heavy atom. The summed E-state index contributed by atoms with van der Waals surface area (Å²) >= 11 is 0. The quantitative estimate of drug-likeness (QED) is 0.865. The molecule has 2 N–H and O–H groups in total. The Hall–Kier alpha value is -2.16. The van der Waals surface area contributed by atoms with Gasteiger partial charge in [-0.1, -0.05) is 18.2 Å². The summed E-state index contributed by atoms with van der Waals surface area (Å²) in [5.41, 5.74) is 3.04. The van der Waals surface area contributed by atoms with Gasteiger partial charge in [0.1, 0.15) is 11.5 Å². The van der Waals surface area contributed by atoms with Crippen molar-refractivity contribution in [3.05, 3.63) is 53.6 Å². The number of rotatable bonds is 4. The zero-order chi connectivity index (χ0) is 13.0. The maximum atomic E-state index is 9.68. The van der Waals surface area contributed by atoms with Crippen LogP contribution in [0.25, 0.3) is 0 Å². The summed E-state index contributed by atoms with van der Waals surface area (Å²) in [6.07, 6.45) is 0. The number of aromatic hydroxyl groups is 1. The van der Waals surface area contributed by atoms with Crippen molar-refractivity contribution in [2.24, 2.45) is 0 Å². The second kappa shape index (κ2) is 5.45. The van der Waals surface area contributed by atoms with Crippen LogP contribution in [0.15, 0.2) is 42.5 Å². The van der Waals surface area contributed by atoms with E-state index in [9.17, 15) is 5.11 Å². The molecule has 0 heterocycles. The summed E-state index contributed by atoms with van der Waals surface area (Å²) < 4.78 is 5.16. The molecule has 2 rings (SSSR count). The van der Waals surface area contributed by atoms with Crippen LogP contribution in [0.5, 0.6) is 11.5 Å².